The third-order valence-electron chi connectivity index (χ3n) is 8.66. The molecule has 0 bridgehead atoms. The Bertz CT molecular complexity index is 424. The quantitative estimate of drug-likeness (QED) is 0.714. The highest BCUT2D eigenvalue weighted by atomic mass is 16.3. The van der Waals surface area contributed by atoms with Crippen LogP contribution in [0.4, 0.5) is 0 Å². The second-order valence-corrected chi connectivity index (χ2v) is 9.33. The maximum atomic E-state index is 10.5. The van der Waals surface area contributed by atoms with Crippen LogP contribution in [0.25, 0.3) is 0 Å². The van der Waals surface area contributed by atoms with Gasteiger partial charge in [-0.2, -0.15) is 0 Å². The number of nitrogens with two attached hydrogens (primary N) is 1. The van der Waals surface area contributed by atoms with Crippen LogP contribution < -0.4 is 5.73 Å². The minimum Gasteiger partial charge on any atom is -0.393 e. The summed E-state index contributed by atoms with van der Waals surface area (Å²) in [7, 11) is 0. The Hall–Kier alpha value is -0.0800. The van der Waals surface area contributed by atoms with E-state index < -0.39 is 0 Å². The molecule has 0 aromatic rings. The molecular weight excluding hydrogens is 258 g/mol. The van der Waals surface area contributed by atoms with Gasteiger partial charge in [0.2, 0.25) is 0 Å². The van der Waals surface area contributed by atoms with Gasteiger partial charge in [0, 0.05) is 6.04 Å². The molecule has 120 valence electrons. The Labute approximate surface area is 129 Å². The first-order chi connectivity index (χ1) is 9.95. The third kappa shape index (κ3) is 1.91. The molecule has 3 N–H and O–H groups in total. The zero-order valence-electron chi connectivity index (χ0n) is 13.9. The van der Waals surface area contributed by atoms with Crippen molar-refractivity contribution in [3.8, 4) is 0 Å². The zero-order chi connectivity index (χ0) is 14.8. The van der Waals surface area contributed by atoms with Gasteiger partial charge in [0.05, 0.1) is 6.10 Å². The average molecular weight is 291 g/mol. The summed E-state index contributed by atoms with van der Waals surface area (Å²) < 4.78 is 0. The van der Waals surface area contributed by atoms with Crippen LogP contribution in [0.15, 0.2) is 0 Å². The molecule has 8 atom stereocenters. The van der Waals surface area contributed by atoms with Gasteiger partial charge in [-0.3, -0.25) is 0 Å². The molecule has 0 amide bonds. The van der Waals surface area contributed by atoms with E-state index in [-0.39, 0.29) is 11.5 Å². The van der Waals surface area contributed by atoms with Crippen LogP contribution in [0.5, 0.6) is 0 Å². The fourth-order valence-electron chi connectivity index (χ4n) is 7.26. The highest BCUT2D eigenvalue weighted by Crippen LogP contribution is 2.66. The molecule has 0 aromatic heterocycles. The number of hydrogen-bond donors (Lipinski definition) is 2. The lowest BCUT2D eigenvalue weighted by Gasteiger charge is -2.60. The van der Waals surface area contributed by atoms with Gasteiger partial charge >= 0.3 is 0 Å². The van der Waals surface area contributed by atoms with Crippen molar-refractivity contribution >= 4 is 0 Å². The van der Waals surface area contributed by atoms with Gasteiger partial charge in [-0.25, -0.2) is 0 Å². The Morgan fingerprint density at radius 1 is 0.857 bits per heavy atom. The van der Waals surface area contributed by atoms with E-state index in [1.54, 1.807) is 0 Å². The minimum absolute atomic E-state index is 0.0336. The van der Waals surface area contributed by atoms with Crippen LogP contribution in [0.2, 0.25) is 0 Å². The largest absolute Gasteiger partial charge is 0.393 e. The fourth-order valence-corrected chi connectivity index (χ4v) is 7.26. The van der Waals surface area contributed by atoms with E-state index in [1.165, 1.54) is 51.4 Å². The van der Waals surface area contributed by atoms with Crippen molar-refractivity contribution in [2.75, 3.05) is 0 Å². The van der Waals surface area contributed by atoms with Gasteiger partial charge in [0.15, 0.2) is 0 Å². The van der Waals surface area contributed by atoms with Crippen LogP contribution in [0, 0.1) is 34.5 Å². The molecule has 0 aliphatic heterocycles. The topological polar surface area (TPSA) is 46.2 Å². The molecule has 4 rings (SSSR count). The summed E-state index contributed by atoms with van der Waals surface area (Å²) in [5.41, 5.74) is 7.04. The highest BCUT2D eigenvalue weighted by Gasteiger charge is 2.59. The third-order valence-corrected chi connectivity index (χ3v) is 8.66. The molecule has 0 radical (unpaired) electrons. The Morgan fingerprint density at radius 3 is 2.38 bits per heavy atom. The van der Waals surface area contributed by atoms with Gasteiger partial charge in [-0.15, -0.1) is 0 Å². The predicted molar refractivity (Wildman–Crippen MR) is 85.7 cm³/mol. The fraction of sp³-hybridized carbons (Fsp3) is 1.00. The Kier molecular flexibility index (Phi) is 3.25. The van der Waals surface area contributed by atoms with Crippen molar-refractivity contribution in [1.82, 2.24) is 0 Å². The molecule has 4 aliphatic carbocycles. The summed E-state index contributed by atoms with van der Waals surface area (Å²) in [5.74, 6) is 3.46. The normalized spacial score (nSPS) is 60.0. The molecule has 21 heavy (non-hydrogen) atoms. The van der Waals surface area contributed by atoms with E-state index in [9.17, 15) is 5.11 Å². The number of rotatable bonds is 0. The summed E-state index contributed by atoms with van der Waals surface area (Å²) in [6.07, 6.45) is 11.6. The molecule has 0 saturated heterocycles. The molecule has 4 fully saturated rings. The van der Waals surface area contributed by atoms with Crippen molar-refractivity contribution in [3.63, 3.8) is 0 Å². The molecule has 0 heterocycles. The van der Waals surface area contributed by atoms with Crippen molar-refractivity contribution in [1.29, 1.82) is 0 Å². The molecule has 0 unspecified atom stereocenters. The van der Waals surface area contributed by atoms with E-state index in [2.05, 4.69) is 13.8 Å². The molecule has 4 saturated carbocycles. The van der Waals surface area contributed by atoms with E-state index in [0.29, 0.717) is 11.5 Å². The summed E-state index contributed by atoms with van der Waals surface area (Å²) in [6.45, 7) is 4.98. The van der Waals surface area contributed by atoms with Crippen LogP contribution in [0.3, 0.4) is 0 Å². The first-order valence-electron chi connectivity index (χ1n) is 9.39. The van der Waals surface area contributed by atoms with E-state index in [4.69, 9.17) is 5.73 Å². The average Bonchev–Trinajstić information content (AvgIpc) is 2.76. The summed E-state index contributed by atoms with van der Waals surface area (Å²) in [5, 5.41) is 10.5. The molecule has 0 spiro atoms. The van der Waals surface area contributed by atoms with Crippen molar-refractivity contribution in [2.45, 2.75) is 83.8 Å². The van der Waals surface area contributed by atoms with Crippen molar-refractivity contribution < 1.29 is 5.11 Å². The number of aliphatic hydroxyl groups excluding tert-OH is 1. The van der Waals surface area contributed by atoms with E-state index in [1.807, 2.05) is 0 Å². The predicted octanol–water partition coefficient (Wildman–Crippen LogP) is 3.72. The van der Waals surface area contributed by atoms with Gasteiger partial charge in [0.1, 0.15) is 0 Å². The first kappa shape index (κ1) is 14.5. The maximum Gasteiger partial charge on any atom is 0.0596 e. The SMILES string of the molecule is C[C@]12CC[C@@H](N)C[C@H]1CC[C@@H]1[C@@H]2CC[C@]2(C)[C@@H](O)CC[C@@H]12. The Balaban J connectivity index is 1.62. The zero-order valence-corrected chi connectivity index (χ0v) is 13.9. The first-order valence-corrected chi connectivity index (χ1v) is 9.39. The van der Waals surface area contributed by atoms with E-state index >= 15 is 0 Å². The van der Waals surface area contributed by atoms with Crippen LogP contribution in [-0.2, 0) is 0 Å². The second kappa shape index (κ2) is 4.71. The minimum atomic E-state index is -0.0336. The van der Waals surface area contributed by atoms with E-state index in [0.717, 1.165) is 30.1 Å². The number of fused-ring (bicyclic) bond motifs is 5. The van der Waals surface area contributed by atoms with Gasteiger partial charge < -0.3 is 10.8 Å². The summed E-state index contributed by atoms with van der Waals surface area (Å²) in [4.78, 5) is 0. The monoisotopic (exact) mass is 291 g/mol. The molecule has 2 heteroatoms. The van der Waals surface area contributed by atoms with Gasteiger partial charge in [0.25, 0.3) is 0 Å². The molecule has 4 aliphatic rings. The number of hydrogen-bond acceptors (Lipinski definition) is 2. The second-order valence-electron chi connectivity index (χ2n) is 9.33. The molecule has 2 nitrogen and oxygen atoms in total. The lowest BCUT2D eigenvalue weighted by Crippen LogP contribution is -2.55. The highest BCUT2D eigenvalue weighted by molar-refractivity contribution is 5.09. The lowest BCUT2D eigenvalue weighted by atomic mass is 9.45. The lowest BCUT2D eigenvalue weighted by molar-refractivity contribution is -0.122. The van der Waals surface area contributed by atoms with Crippen molar-refractivity contribution in [2.24, 2.45) is 40.2 Å². The van der Waals surface area contributed by atoms with Gasteiger partial charge in [-0.05, 0) is 92.3 Å². The van der Waals surface area contributed by atoms with Crippen LogP contribution in [0.1, 0.15) is 71.6 Å². The van der Waals surface area contributed by atoms with Crippen molar-refractivity contribution in [3.05, 3.63) is 0 Å². The molecular formula is C19H33NO. The van der Waals surface area contributed by atoms with Crippen LogP contribution >= 0.6 is 0 Å². The smallest absolute Gasteiger partial charge is 0.0596 e. The maximum absolute atomic E-state index is 10.5. The molecule has 0 aromatic carbocycles. The van der Waals surface area contributed by atoms with Gasteiger partial charge in [-0.1, -0.05) is 13.8 Å². The summed E-state index contributed by atoms with van der Waals surface area (Å²) in [6, 6.07) is 0.460. The standard InChI is InChI=1S/C19H33NO/c1-18-9-7-13(20)11-12(18)3-4-14-15-5-6-17(21)19(15,2)10-8-16(14)18/h12-17,21H,3-11,20H2,1-2H3/t12-,13-,14+,15+,16+,17+,18+,19+/m1/s1. The Morgan fingerprint density at radius 2 is 1.57 bits per heavy atom. The summed E-state index contributed by atoms with van der Waals surface area (Å²) >= 11 is 0. The van der Waals surface area contributed by atoms with Crippen LogP contribution in [-0.4, -0.2) is 17.3 Å². The number of aliphatic hydroxyl groups is 1.